The Hall–Kier alpha value is -1.86. The van der Waals surface area contributed by atoms with Crippen molar-refractivity contribution < 1.29 is 0 Å². The van der Waals surface area contributed by atoms with Gasteiger partial charge in [0.2, 0.25) is 0 Å². The van der Waals surface area contributed by atoms with E-state index in [-0.39, 0.29) is 0 Å². The molecule has 0 saturated carbocycles. The first-order valence-corrected chi connectivity index (χ1v) is 6.91. The van der Waals surface area contributed by atoms with Crippen molar-refractivity contribution in [3.63, 3.8) is 0 Å². The highest BCUT2D eigenvalue weighted by Crippen LogP contribution is 1.99. The molecule has 0 fully saturated rings. The molecular formula is C13H17N5S2. The standard InChI is InChI=1S/C13H17N5S2/c1-3-12(19)17-15-9-11(16-18-13(20)14-2)10-7-5-4-6-8-10/h4-9H,3H2,1-2H3,(H,17,19)(H2,14,18,20). The van der Waals surface area contributed by atoms with E-state index in [4.69, 9.17) is 24.4 Å². The Labute approximate surface area is 129 Å². The normalized spacial score (nSPS) is 11.2. The van der Waals surface area contributed by atoms with Crippen molar-refractivity contribution in [2.24, 2.45) is 10.2 Å². The summed E-state index contributed by atoms with van der Waals surface area (Å²) in [4.78, 5) is 0.673. The van der Waals surface area contributed by atoms with Crippen molar-refractivity contribution in [2.75, 3.05) is 7.05 Å². The molecule has 0 amide bonds. The van der Waals surface area contributed by atoms with Gasteiger partial charge in [0.05, 0.1) is 11.2 Å². The van der Waals surface area contributed by atoms with Crippen LogP contribution in [0, 0.1) is 0 Å². The van der Waals surface area contributed by atoms with Crippen LogP contribution < -0.4 is 16.2 Å². The highest BCUT2D eigenvalue weighted by molar-refractivity contribution is 7.80. The van der Waals surface area contributed by atoms with Crippen molar-refractivity contribution in [3.05, 3.63) is 35.9 Å². The molecule has 0 radical (unpaired) electrons. The highest BCUT2D eigenvalue weighted by atomic mass is 32.1. The second kappa shape index (κ2) is 9.11. The maximum Gasteiger partial charge on any atom is 0.186 e. The largest absolute Gasteiger partial charge is 0.364 e. The lowest BCUT2D eigenvalue weighted by Gasteiger charge is -2.05. The summed E-state index contributed by atoms with van der Waals surface area (Å²) in [5, 5.41) is 11.5. The van der Waals surface area contributed by atoms with E-state index in [0.717, 1.165) is 12.0 Å². The first-order valence-electron chi connectivity index (χ1n) is 6.10. The van der Waals surface area contributed by atoms with E-state index in [1.165, 1.54) is 0 Å². The molecule has 5 nitrogen and oxygen atoms in total. The third-order valence-corrected chi connectivity index (χ3v) is 2.95. The van der Waals surface area contributed by atoms with Crippen LogP contribution in [0.2, 0.25) is 0 Å². The molecule has 0 aliphatic heterocycles. The van der Waals surface area contributed by atoms with E-state index in [9.17, 15) is 0 Å². The number of nitrogens with zero attached hydrogens (tertiary/aromatic N) is 2. The number of nitrogens with one attached hydrogen (secondary N) is 3. The van der Waals surface area contributed by atoms with Crippen molar-refractivity contribution in [3.8, 4) is 0 Å². The van der Waals surface area contributed by atoms with Crippen LogP contribution in [0.3, 0.4) is 0 Å². The predicted octanol–water partition coefficient (Wildman–Crippen LogP) is 1.80. The molecule has 0 aromatic heterocycles. The van der Waals surface area contributed by atoms with Crippen molar-refractivity contribution in [2.45, 2.75) is 13.3 Å². The molecule has 0 atom stereocenters. The quantitative estimate of drug-likeness (QED) is 0.440. The van der Waals surface area contributed by atoms with Gasteiger partial charge in [-0.15, -0.1) is 0 Å². The lowest BCUT2D eigenvalue weighted by atomic mass is 10.1. The first-order chi connectivity index (χ1) is 9.67. The molecule has 7 heteroatoms. The van der Waals surface area contributed by atoms with Gasteiger partial charge in [0.1, 0.15) is 5.71 Å². The van der Waals surface area contributed by atoms with Crippen molar-refractivity contribution in [1.29, 1.82) is 0 Å². The summed E-state index contributed by atoms with van der Waals surface area (Å²) in [6.45, 7) is 1.96. The maximum absolute atomic E-state index is 5.04. The molecule has 0 spiro atoms. The SMILES string of the molecule is CCC(=S)NN=CC(=NNC(=S)NC)c1ccccc1. The summed E-state index contributed by atoms with van der Waals surface area (Å²) in [6.07, 6.45) is 2.34. The Morgan fingerprint density at radius 3 is 2.50 bits per heavy atom. The van der Waals surface area contributed by atoms with E-state index < -0.39 is 0 Å². The van der Waals surface area contributed by atoms with Crippen LogP contribution in [0.5, 0.6) is 0 Å². The van der Waals surface area contributed by atoms with Crippen LogP contribution in [-0.4, -0.2) is 29.1 Å². The van der Waals surface area contributed by atoms with Gasteiger partial charge in [-0.25, -0.2) is 0 Å². The van der Waals surface area contributed by atoms with Crippen LogP contribution in [0.25, 0.3) is 0 Å². The fourth-order valence-corrected chi connectivity index (χ4v) is 1.29. The smallest absolute Gasteiger partial charge is 0.186 e. The van der Waals surface area contributed by atoms with E-state index >= 15 is 0 Å². The highest BCUT2D eigenvalue weighted by Gasteiger charge is 2.00. The molecule has 106 valence electrons. The monoisotopic (exact) mass is 307 g/mol. The zero-order valence-electron chi connectivity index (χ0n) is 11.4. The number of rotatable bonds is 5. The van der Waals surface area contributed by atoms with Crippen LogP contribution >= 0.6 is 24.4 Å². The molecule has 0 aliphatic rings. The third kappa shape index (κ3) is 5.85. The molecule has 1 rings (SSSR count). The van der Waals surface area contributed by atoms with Gasteiger partial charge in [0.15, 0.2) is 5.11 Å². The average molecular weight is 307 g/mol. The molecule has 20 heavy (non-hydrogen) atoms. The molecule has 1 aromatic rings. The fourth-order valence-electron chi connectivity index (χ4n) is 1.19. The van der Waals surface area contributed by atoms with Crippen molar-refractivity contribution in [1.82, 2.24) is 16.2 Å². The van der Waals surface area contributed by atoms with E-state index in [2.05, 4.69) is 26.4 Å². The van der Waals surface area contributed by atoms with Gasteiger partial charge >= 0.3 is 0 Å². The molecule has 0 aliphatic carbocycles. The molecule has 0 unspecified atom stereocenters. The second-order valence-corrected chi connectivity index (χ2v) is 4.60. The van der Waals surface area contributed by atoms with E-state index in [1.54, 1.807) is 13.3 Å². The minimum Gasteiger partial charge on any atom is -0.364 e. The molecule has 0 heterocycles. The molecule has 0 bridgehead atoms. The first kappa shape index (κ1) is 16.2. The number of thiocarbonyl (C=S) groups is 2. The summed E-state index contributed by atoms with van der Waals surface area (Å²) >= 11 is 10.0. The van der Waals surface area contributed by atoms with Crippen LogP contribution in [0.4, 0.5) is 0 Å². The van der Waals surface area contributed by atoms with Gasteiger partial charge in [0.25, 0.3) is 0 Å². The van der Waals surface area contributed by atoms with Crippen LogP contribution in [-0.2, 0) is 0 Å². The molecule has 0 saturated heterocycles. The zero-order chi connectivity index (χ0) is 14.8. The van der Waals surface area contributed by atoms with E-state index in [1.807, 2.05) is 37.3 Å². The Balaban J connectivity index is 2.85. The summed E-state index contributed by atoms with van der Waals surface area (Å²) in [5.41, 5.74) is 7.09. The van der Waals surface area contributed by atoms with Gasteiger partial charge in [-0.2, -0.15) is 10.2 Å². The van der Waals surface area contributed by atoms with Gasteiger partial charge < -0.3 is 5.32 Å². The Bertz CT molecular complexity index is 511. The molecular weight excluding hydrogens is 290 g/mol. The number of hydrogen-bond acceptors (Lipinski definition) is 4. The van der Waals surface area contributed by atoms with E-state index in [0.29, 0.717) is 15.8 Å². The molecule has 3 N–H and O–H groups in total. The fraction of sp³-hybridized carbons (Fsp3) is 0.231. The Kier molecular flexibility index (Phi) is 7.38. The topological polar surface area (TPSA) is 60.8 Å². The summed E-state index contributed by atoms with van der Waals surface area (Å²) < 4.78 is 0. The summed E-state index contributed by atoms with van der Waals surface area (Å²) in [6, 6.07) is 9.67. The average Bonchev–Trinajstić information content (AvgIpc) is 2.50. The Morgan fingerprint density at radius 2 is 1.90 bits per heavy atom. The number of hydrogen-bond donors (Lipinski definition) is 3. The van der Waals surface area contributed by atoms with Gasteiger partial charge in [-0.1, -0.05) is 49.5 Å². The van der Waals surface area contributed by atoms with Crippen LogP contribution in [0.1, 0.15) is 18.9 Å². The van der Waals surface area contributed by atoms with Crippen LogP contribution in [0.15, 0.2) is 40.5 Å². The lowest BCUT2D eigenvalue weighted by molar-refractivity contribution is 0.976. The third-order valence-electron chi connectivity index (χ3n) is 2.27. The summed E-state index contributed by atoms with van der Waals surface area (Å²) in [5.74, 6) is 0. The minimum atomic E-state index is 0.434. The number of hydrazone groups is 2. The van der Waals surface area contributed by atoms with Gasteiger partial charge in [-0.3, -0.25) is 10.9 Å². The summed E-state index contributed by atoms with van der Waals surface area (Å²) in [7, 11) is 1.72. The minimum absolute atomic E-state index is 0.434. The number of benzene rings is 1. The second-order valence-electron chi connectivity index (χ2n) is 3.70. The van der Waals surface area contributed by atoms with Gasteiger partial charge in [0, 0.05) is 12.6 Å². The van der Waals surface area contributed by atoms with Crippen molar-refractivity contribution >= 4 is 46.5 Å². The Morgan fingerprint density at radius 1 is 1.20 bits per heavy atom. The lowest BCUT2D eigenvalue weighted by Crippen LogP contribution is -2.29. The maximum atomic E-state index is 5.04. The predicted molar refractivity (Wildman–Crippen MR) is 92.3 cm³/mol. The van der Waals surface area contributed by atoms with Gasteiger partial charge in [-0.05, 0) is 18.6 Å². The zero-order valence-corrected chi connectivity index (χ0v) is 13.0. The molecule has 1 aromatic carbocycles.